The maximum atomic E-state index is 10.0. The molecular formula is C14H18N2O2S. The minimum atomic E-state index is -0.540. The van der Waals surface area contributed by atoms with E-state index in [9.17, 15) is 5.11 Å². The molecule has 0 fully saturated rings. The van der Waals surface area contributed by atoms with Crippen LogP contribution in [0.1, 0.15) is 18.6 Å². The van der Waals surface area contributed by atoms with Crippen molar-refractivity contribution < 1.29 is 9.84 Å². The van der Waals surface area contributed by atoms with Crippen LogP contribution in [0, 0.1) is 0 Å². The van der Waals surface area contributed by atoms with Gasteiger partial charge in [0.05, 0.1) is 24.1 Å². The molecule has 1 aromatic carbocycles. The van der Waals surface area contributed by atoms with Crippen molar-refractivity contribution >= 4 is 22.7 Å². The fraction of sp³-hybridized carbons (Fsp3) is 0.286. The SMILES string of the molecule is CCOc1cccc(NCC(O)c2ccsc2)c1N. The van der Waals surface area contributed by atoms with Crippen molar-refractivity contribution in [1.82, 2.24) is 0 Å². The highest BCUT2D eigenvalue weighted by Crippen LogP contribution is 2.29. The number of rotatable bonds is 6. The zero-order valence-electron chi connectivity index (χ0n) is 10.8. The van der Waals surface area contributed by atoms with E-state index < -0.39 is 6.10 Å². The van der Waals surface area contributed by atoms with Crippen molar-refractivity contribution in [3.8, 4) is 5.75 Å². The summed E-state index contributed by atoms with van der Waals surface area (Å²) in [4.78, 5) is 0. The quantitative estimate of drug-likeness (QED) is 0.711. The molecule has 4 nitrogen and oxygen atoms in total. The zero-order valence-corrected chi connectivity index (χ0v) is 11.6. The lowest BCUT2D eigenvalue weighted by atomic mass is 10.2. The minimum Gasteiger partial charge on any atom is -0.492 e. The van der Waals surface area contributed by atoms with Crippen LogP contribution in [-0.2, 0) is 0 Å². The third-order valence-corrected chi connectivity index (χ3v) is 3.48. The van der Waals surface area contributed by atoms with Crippen LogP contribution < -0.4 is 15.8 Å². The third kappa shape index (κ3) is 3.39. The molecule has 0 saturated carbocycles. The Kier molecular flexibility index (Phi) is 4.65. The number of nitrogens with one attached hydrogen (secondary N) is 1. The molecule has 0 saturated heterocycles. The van der Waals surface area contributed by atoms with E-state index in [1.807, 2.05) is 41.9 Å². The molecule has 0 aliphatic heterocycles. The lowest BCUT2D eigenvalue weighted by molar-refractivity contribution is 0.192. The van der Waals surface area contributed by atoms with Gasteiger partial charge in [0.1, 0.15) is 5.75 Å². The van der Waals surface area contributed by atoms with Crippen molar-refractivity contribution in [1.29, 1.82) is 0 Å². The number of hydrogen-bond acceptors (Lipinski definition) is 5. The van der Waals surface area contributed by atoms with Crippen LogP contribution in [0.2, 0.25) is 0 Å². The highest BCUT2D eigenvalue weighted by Gasteiger charge is 2.10. The molecule has 0 amide bonds. The molecule has 2 rings (SSSR count). The maximum Gasteiger partial charge on any atom is 0.144 e. The molecule has 19 heavy (non-hydrogen) atoms. The number of hydrogen-bond donors (Lipinski definition) is 3. The van der Waals surface area contributed by atoms with E-state index in [0.717, 1.165) is 11.3 Å². The first-order valence-electron chi connectivity index (χ1n) is 6.17. The van der Waals surface area contributed by atoms with Gasteiger partial charge in [-0.25, -0.2) is 0 Å². The van der Waals surface area contributed by atoms with Gasteiger partial charge in [-0.15, -0.1) is 0 Å². The van der Waals surface area contributed by atoms with Crippen LogP contribution in [0.5, 0.6) is 5.75 Å². The molecule has 102 valence electrons. The Morgan fingerprint density at radius 3 is 2.95 bits per heavy atom. The Labute approximate surface area is 116 Å². The summed E-state index contributed by atoms with van der Waals surface area (Å²) in [5.74, 6) is 0.664. The van der Waals surface area contributed by atoms with Crippen molar-refractivity contribution in [3.63, 3.8) is 0 Å². The Hall–Kier alpha value is -1.72. The van der Waals surface area contributed by atoms with Crippen LogP contribution in [0.4, 0.5) is 11.4 Å². The topological polar surface area (TPSA) is 67.5 Å². The first-order valence-corrected chi connectivity index (χ1v) is 7.12. The number of ether oxygens (including phenoxy) is 1. The summed E-state index contributed by atoms with van der Waals surface area (Å²) in [6.07, 6.45) is -0.540. The zero-order chi connectivity index (χ0) is 13.7. The Morgan fingerprint density at radius 2 is 2.26 bits per heavy atom. The number of anilines is 2. The normalized spacial score (nSPS) is 12.1. The predicted octanol–water partition coefficient (Wildman–Crippen LogP) is 2.87. The van der Waals surface area contributed by atoms with Crippen LogP contribution in [0.15, 0.2) is 35.0 Å². The van der Waals surface area contributed by atoms with E-state index in [1.54, 1.807) is 11.3 Å². The van der Waals surface area contributed by atoms with Gasteiger partial charge in [0.2, 0.25) is 0 Å². The fourth-order valence-electron chi connectivity index (χ4n) is 1.77. The molecule has 0 aliphatic carbocycles. The van der Waals surface area contributed by atoms with Gasteiger partial charge < -0.3 is 20.9 Å². The van der Waals surface area contributed by atoms with E-state index in [-0.39, 0.29) is 0 Å². The standard InChI is InChI=1S/C14H18N2O2S/c1-2-18-13-5-3-4-11(14(13)15)16-8-12(17)10-6-7-19-9-10/h3-7,9,12,16-17H,2,8,15H2,1H3. The van der Waals surface area contributed by atoms with E-state index >= 15 is 0 Å². The molecule has 1 heterocycles. The van der Waals surface area contributed by atoms with E-state index in [0.29, 0.717) is 24.6 Å². The Bertz CT molecular complexity index is 514. The van der Waals surface area contributed by atoms with E-state index in [1.165, 1.54) is 0 Å². The highest BCUT2D eigenvalue weighted by molar-refractivity contribution is 7.07. The smallest absolute Gasteiger partial charge is 0.144 e. The molecular weight excluding hydrogens is 260 g/mol. The van der Waals surface area contributed by atoms with Crippen molar-refractivity contribution in [2.45, 2.75) is 13.0 Å². The second-order valence-electron chi connectivity index (χ2n) is 4.10. The summed E-state index contributed by atoms with van der Waals surface area (Å²) in [7, 11) is 0. The number of aliphatic hydroxyl groups is 1. The maximum absolute atomic E-state index is 10.0. The summed E-state index contributed by atoms with van der Waals surface area (Å²) in [5, 5.41) is 17.0. The van der Waals surface area contributed by atoms with E-state index in [4.69, 9.17) is 10.5 Å². The summed E-state index contributed by atoms with van der Waals surface area (Å²) in [5.41, 5.74) is 8.27. The first-order chi connectivity index (χ1) is 9.22. The number of benzene rings is 1. The summed E-state index contributed by atoms with van der Waals surface area (Å²) >= 11 is 1.57. The van der Waals surface area contributed by atoms with Crippen LogP contribution in [0.3, 0.4) is 0 Å². The average molecular weight is 278 g/mol. The molecule has 1 aromatic heterocycles. The lowest BCUT2D eigenvalue weighted by Gasteiger charge is -2.15. The summed E-state index contributed by atoms with van der Waals surface area (Å²) in [6, 6.07) is 7.50. The molecule has 1 unspecified atom stereocenters. The second-order valence-corrected chi connectivity index (χ2v) is 4.88. The monoisotopic (exact) mass is 278 g/mol. The fourth-order valence-corrected chi connectivity index (χ4v) is 2.48. The van der Waals surface area contributed by atoms with Gasteiger partial charge in [-0.1, -0.05) is 6.07 Å². The van der Waals surface area contributed by atoms with Gasteiger partial charge in [-0.2, -0.15) is 11.3 Å². The summed E-state index contributed by atoms with van der Waals surface area (Å²) in [6.45, 7) is 2.90. The van der Waals surface area contributed by atoms with Gasteiger partial charge in [0.15, 0.2) is 0 Å². The third-order valence-electron chi connectivity index (χ3n) is 2.78. The average Bonchev–Trinajstić information content (AvgIpc) is 2.94. The number of thiophene rings is 1. The predicted molar refractivity (Wildman–Crippen MR) is 79.8 cm³/mol. The lowest BCUT2D eigenvalue weighted by Crippen LogP contribution is -2.13. The highest BCUT2D eigenvalue weighted by atomic mass is 32.1. The molecule has 1 atom stereocenters. The first kappa shape index (κ1) is 13.7. The van der Waals surface area contributed by atoms with Gasteiger partial charge in [-0.05, 0) is 41.4 Å². The number of aliphatic hydroxyl groups excluding tert-OH is 1. The molecule has 2 aromatic rings. The second kappa shape index (κ2) is 6.45. The molecule has 5 heteroatoms. The van der Waals surface area contributed by atoms with Crippen molar-refractivity contribution in [2.24, 2.45) is 0 Å². The molecule has 0 spiro atoms. The van der Waals surface area contributed by atoms with Crippen LogP contribution in [0.25, 0.3) is 0 Å². The molecule has 0 bridgehead atoms. The molecule has 4 N–H and O–H groups in total. The largest absolute Gasteiger partial charge is 0.492 e. The molecule has 0 radical (unpaired) electrons. The summed E-state index contributed by atoms with van der Waals surface area (Å²) < 4.78 is 5.43. The van der Waals surface area contributed by atoms with Gasteiger partial charge in [0, 0.05) is 6.54 Å². The van der Waals surface area contributed by atoms with Crippen molar-refractivity contribution in [2.75, 3.05) is 24.2 Å². The number of nitrogen functional groups attached to an aromatic ring is 1. The van der Waals surface area contributed by atoms with Crippen LogP contribution in [-0.4, -0.2) is 18.3 Å². The van der Waals surface area contributed by atoms with Gasteiger partial charge >= 0.3 is 0 Å². The van der Waals surface area contributed by atoms with E-state index in [2.05, 4.69) is 5.32 Å². The van der Waals surface area contributed by atoms with Crippen molar-refractivity contribution in [3.05, 3.63) is 40.6 Å². The number of nitrogens with two attached hydrogens (primary N) is 1. The Morgan fingerprint density at radius 1 is 1.42 bits per heavy atom. The minimum absolute atomic E-state index is 0.413. The molecule has 0 aliphatic rings. The van der Waals surface area contributed by atoms with Crippen LogP contribution >= 0.6 is 11.3 Å². The van der Waals surface area contributed by atoms with Gasteiger partial charge in [0.25, 0.3) is 0 Å². The van der Waals surface area contributed by atoms with Gasteiger partial charge in [-0.3, -0.25) is 0 Å². The number of para-hydroxylation sites is 1. The Balaban J connectivity index is 2.01.